The zero-order valence-electron chi connectivity index (χ0n) is 12.7. The number of nitrogens with zero attached hydrogens (tertiary/aromatic N) is 2. The molecule has 0 saturated heterocycles. The van der Waals surface area contributed by atoms with Gasteiger partial charge in [-0.2, -0.15) is 0 Å². The van der Waals surface area contributed by atoms with Crippen molar-refractivity contribution in [1.29, 1.82) is 0 Å². The third-order valence-electron chi connectivity index (χ3n) is 3.83. The SMILES string of the molecule is CCc1c(N(C)CCCCN(CC)CC)c(=O)c1=O. The van der Waals surface area contributed by atoms with Gasteiger partial charge in [-0.1, -0.05) is 20.8 Å². The van der Waals surface area contributed by atoms with Crippen LogP contribution in [-0.4, -0.2) is 38.1 Å². The van der Waals surface area contributed by atoms with Crippen LogP contribution in [0, 0.1) is 0 Å². The standard InChI is InChI=1S/C15H26N2O2/c1-5-12-13(15(19)14(12)18)16(4)10-8-9-11-17(6-2)7-3/h5-11H2,1-4H3. The lowest BCUT2D eigenvalue weighted by atomic mass is 10.0. The Morgan fingerprint density at radius 2 is 1.47 bits per heavy atom. The molecule has 0 atom stereocenters. The van der Waals surface area contributed by atoms with Crippen molar-refractivity contribution in [2.75, 3.05) is 38.1 Å². The fourth-order valence-electron chi connectivity index (χ4n) is 2.49. The Morgan fingerprint density at radius 1 is 0.895 bits per heavy atom. The topological polar surface area (TPSA) is 40.6 Å². The van der Waals surface area contributed by atoms with Gasteiger partial charge < -0.3 is 9.80 Å². The maximum absolute atomic E-state index is 11.5. The second-order valence-electron chi connectivity index (χ2n) is 4.99. The summed E-state index contributed by atoms with van der Waals surface area (Å²) >= 11 is 0. The van der Waals surface area contributed by atoms with Gasteiger partial charge in [-0.3, -0.25) is 9.59 Å². The molecule has 0 unspecified atom stereocenters. The Hall–Kier alpha value is -1.16. The minimum atomic E-state index is -0.303. The summed E-state index contributed by atoms with van der Waals surface area (Å²) in [5, 5.41) is 0. The van der Waals surface area contributed by atoms with E-state index in [-0.39, 0.29) is 10.9 Å². The summed E-state index contributed by atoms with van der Waals surface area (Å²) < 4.78 is 0. The van der Waals surface area contributed by atoms with Crippen LogP contribution in [0.25, 0.3) is 0 Å². The number of rotatable bonds is 9. The van der Waals surface area contributed by atoms with E-state index in [1.165, 1.54) is 0 Å². The quantitative estimate of drug-likeness (QED) is 0.500. The maximum Gasteiger partial charge on any atom is 0.249 e. The molecule has 0 bridgehead atoms. The third kappa shape index (κ3) is 3.66. The largest absolute Gasteiger partial charge is 0.371 e. The molecule has 1 aromatic rings. The molecule has 108 valence electrons. The van der Waals surface area contributed by atoms with E-state index in [1.54, 1.807) is 0 Å². The number of anilines is 1. The van der Waals surface area contributed by atoms with Crippen LogP contribution in [0.5, 0.6) is 0 Å². The predicted molar refractivity (Wildman–Crippen MR) is 81.0 cm³/mol. The van der Waals surface area contributed by atoms with Crippen molar-refractivity contribution in [3.8, 4) is 0 Å². The van der Waals surface area contributed by atoms with E-state index in [0.717, 1.165) is 39.0 Å². The van der Waals surface area contributed by atoms with Crippen LogP contribution < -0.4 is 15.8 Å². The summed E-state index contributed by atoms with van der Waals surface area (Å²) in [6.07, 6.45) is 2.83. The molecule has 0 N–H and O–H groups in total. The highest BCUT2D eigenvalue weighted by Crippen LogP contribution is 2.14. The van der Waals surface area contributed by atoms with Gasteiger partial charge in [-0.25, -0.2) is 0 Å². The molecular weight excluding hydrogens is 240 g/mol. The Labute approximate surface area is 115 Å². The van der Waals surface area contributed by atoms with E-state index in [1.807, 2.05) is 18.9 Å². The van der Waals surface area contributed by atoms with Crippen LogP contribution in [0.15, 0.2) is 9.59 Å². The summed E-state index contributed by atoms with van der Waals surface area (Å²) in [5.41, 5.74) is 0.766. The molecule has 0 aliphatic heterocycles. The van der Waals surface area contributed by atoms with Crippen molar-refractivity contribution in [1.82, 2.24) is 4.90 Å². The molecule has 0 amide bonds. The van der Waals surface area contributed by atoms with Crippen molar-refractivity contribution < 1.29 is 0 Å². The first kappa shape index (κ1) is 15.9. The van der Waals surface area contributed by atoms with E-state index < -0.39 is 0 Å². The van der Waals surface area contributed by atoms with E-state index in [4.69, 9.17) is 0 Å². The van der Waals surface area contributed by atoms with Gasteiger partial charge in [0.05, 0.1) is 5.69 Å². The van der Waals surface area contributed by atoms with Crippen molar-refractivity contribution in [3.05, 3.63) is 26.0 Å². The highest BCUT2D eigenvalue weighted by Gasteiger charge is 2.21. The van der Waals surface area contributed by atoms with Crippen molar-refractivity contribution in [2.24, 2.45) is 0 Å². The summed E-state index contributed by atoms with van der Waals surface area (Å²) in [7, 11) is 1.91. The first-order chi connectivity index (χ1) is 9.06. The molecule has 0 aromatic heterocycles. The molecule has 0 spiro atoms. The van der Waals surface area contributed by atoms with Crippen molar-refractivity contribution in [3.63, 3.8) is 0 Å². The molecule has 0 saturated carbocycles. The van der Waals surface area contributed by atoms with E-state index >= 15 is 0 Å². The minimum Gasteiger partial charge on any atom is -0.371 e. The first-order valence-electron chi connectivity index (χ1n) is 7.32. The van der Waals surface area contributed by atoms with Gasteiger partial charge in [0.25, 0.3) is 0 Å². The second kappa shape index (κ2) is 7.43. The molecule has 0 aliphatic carbocycles. The summed E-state index contributed by atoms with van der Waals surface area (Å²) in [5.74, 6) is 0. The van der Waals surface area contributed by atoms with Crippen LogP contribution in [0.3, 0.4) is 0 Å². The van der Waals surface area contributed by atoms with Crippen LogP contribution in [0.1, 0.15) is 39.2 Å². The summed E-state index contributed by atoms with van der Waals surface area (Å²) in [6, 6.07) is 0. The number of hydrogen-bond acceptors (Lipinski definition) is 4. The second-order valence-corrected chi connectivity index (χ2v) is 4.99. The van der Waals surface area contributed by atoms with Gasteiger partial charge in [0.2, 0.25) is 10.9 Å². The normalized spacial score (nSPS) is 11.4. The van der Waals surface area contributed by atoms with Crippen LogP contribution in [-0.2, 0) is 6.42 Å². The minimum absolute atomic E-state index is 0.285. The Bertz CT molecular complexity index is 457. The molecule has 4 heteroatoms. The molecule has 0 fully saturated rings. The molecule has 1 rings (SSSR count). The van der Waals surface area contributed by atoms with Gasteiger partial charge in [-0.05, 0) is 38.9 Å². The Balaban J connectivity index is 2.40. The lowest BCUT2D eigenvalue weighted by Gasteiger charge is -2.23. The van der Waals surface area contributed by atoms with Crippen molar-refractivity contribution in [2.45, 2.75) is 40.0 Å². The predicted octanol–water partition coefficient (Wildman–Crippen LogP) is 1.40. The van der Waals surface area contributed by atoms with E-state index in [0.29, 0.717) is 17.7 Å². The Morgan fingerprint density at radius 3 is 2.00 bits per heavy atom. The number of hydrogen-bond donors (Lipinski definition) is 0. The molecule has 0 aliphatic rings. The first-order valence-corrected chi connectivity index (χ1v) is 7.32. The van der Waals surface area contributed by atoms with Gasteiger partial charge in [0, 0.05) is 19.2 Å². The van der Waals surface area contributed by atoms with Crippen LogP contribution in [0.2, 0.25) is 0 Å². The van der Waals surface area contributed by atoms with Crippen molar-refractivity contribution >= 4 is 5.69 Å². The Kier molecular flexibility index (Phi) is 6.22. The lowest BCUT2D eigenvalue weighted by molar-refractivity contribution is 0.297. The van der Waals surface area contributed by atoms with Gasteiger partial charge in [0.1, 0.15) is 0 Å². The molecular formula is C15H26N2O2. The zero-order valence-corrected chi connectivity index (χ0v) is 12.7. The monoisotopic (exact) mass is 266 g/mol. The van der Waals surface area contributed by atoms with E-state index in [9.17, 15) is 9.59 Å². The molecule has 1 aromatic carbocycles. The fraction of sp³-hybridized carbons (Fsp3) is 0.733. The number of unbranched alkanes of at least 4 members (excludes halogenated alkanes) is 1. The zero-order chi connectivity index (χ0) is 14.4. The summed E-state index contributed by atoms with van der Waals surface area (Å²) in [6.45, 7) is 10.4. The van der Waals surface area contributed by atoms with Gasteiger partial charge >= 0.3 is 0 Å². The van der Waals surface area contributed by atoms with Crippen LogP contribution in [0.4, 0.5) is 5.69 Å². The third-order valence-corrected chi connectivity index (χ3v) is 3.83. The highest BCUT2D eigenvalue weighted by atomic mass is 16.2. The average Bonchev–Trinajstić information content (AvgIpc) is 2.43. The van der Waals surface area contributed by atoms with Gasteiger partial charge in [-0.15, -0.1) is 0 Å². The maximum atomic E-state index is 11.5. The molecule has 19 heavy (non-hydrogen) atoms. The van der Waals surface area contributed by atoms with Crippen LogP contribution >= 0.6 is 0 Å². The average molecular weight is 266 g/mol. The highest BCUT2D eigenvalue weighted by molar-refractivity contribution is 5.58. The molecule has 4 nitrogen and oxygen atoms in total. The van der Waals surface area contributed by atoms with E-state index in [2.05, 4.69) is 18.7 Å². The summed E-state index contributed by atoms with van der Waals surface area (Å²) in [4.78, 5) is 27.3. The lowest BCUT2D eigenvalue weighted by Crippen LogP contribution is -2.42. The van der Waals surface area contributed by atoms with Gasteiger partial charge in [0.15, 0.2) is 0 Å². The molecule has 0 heterocycles. The smallest absolute Gasteiger partial charge is 0.249 e. The fourth-order valence-corrected chi connectivity index (χ4v) is 2.49. The molecule has 0 radical (unpaired) electrons.